The second-order valence-corrected chi connectivity index (χ2v) is 8.19. The maximum Gasteiger partial charge on any atom is 0.191 e. The molecule has 2 aliphatic rings. The molecule has 1 unspecified atom stereocenters. The lowest BCUT2D eigenvalue weighted by atomic mass is 9.83. The van der Waals surface area contributed by atoms with Crippen LogP contribution in [0.5, 0.6) is 0 Å². The predicted octanol–water partition coefficient (Wildman–Crippen LogP) is 3.59. The highest BCUT2D eigenvalue weighted by Gasteiger charge is 2.37. The van der Waals surface area contributed by atoms with Gasteiger partial charge in [0.1, 0.15) is 5.60 Å². The van der Waals surface area contributed by atoms with Gasteiger partial charge in [0, 0.05) is 26.8 Å². The van der Waals surface area contributed by atoms with Crippen molar-refractivity contribution >= 4 is 29.9 Å². The standard InChI is InChI=1S/C22H35N3O2.HI/c1-3-23-20(24-16-21(14-15-27-2)11-6-7-12-21)25-17-22(26)13-10-18-8-4-5-9-19(18)22;/h4-5,8-9,26H,3,6-7,10-17H2,1-2H3,(H2,23,24,25);1H. The second-order valence-electron chi connectivity index (χ2n) is 8.19. The Hall–Kier alpha value is -0.860. The molecule has 0 radical (unpaired) electrons. The number of hydrogen-bond acceptors (Lipinski definition) is 3. The number of aliphatic imine (C=N–C) groups is 1. The summed E-state index contributed by atoms with van der Waals surface area (Å²) in [5, 5.41) is 17.9. The number of guanidine groups is 1. The first-order chi connectivity index (χ1) is 13.1. The Morgan fingerprint density at radius 3 is 2.64 bits per heavy atom. The number of methoxy groups -OCH3 is 1. The maximum atomic E-state index is 11.1. The SMILES string of the molecule is CCNC(=NCC1(CCOC)CCCC1)NCC1(O)CCc2ccccc21.I. The van der Waals surface area contributed by atoms with E-state index in [0.29, 0.717) is 6.54 Å². The highest BCUT2D eigenvalue weighted by Crippen LogP contribution is 2.41. The molecule has 1 saturated carbocycles. The summed E-state index contributed by atoms with van der Waals surface area (Å²) >= 11 is 0. The lowest BCUT2D eigenvalue weighted by molar-refractivity contribution is 0.0432. The van der Waals surface area contributed by atoms with Crippen LogP contribution < -0.4 is 10.6 Å². The fraction of sp³-hybridized carbons (Fsp3) is 0.682. The Labute approximate surface area is 186 Å². The van der Waals surface area contributed by atoms with Gasteiger partial charge in [-0.05, 0) is 55.6 Å². The second kappa shape index (κ2) is 10.8. The summed E-state index contributed by atoms with van der Waals surface area (Å²) in [5.74, 6) is 0.805. The molecule has 0 bridgehead atoms. The van der Waals surface area contributed by atoms with Gasteiger partial charge in [0.25, 0.3) is 0 Å². The van der Waals surface area contributed by atoms with E-state index in [0.717, 1.165) is 50.5 Å². The van der Waals surface area contributed by atoms with E-state index in [4.69, 9.17) is 9.73 Å². The summed E-state index contributed by atoms with van der Waals surface area (Å²) in [7, 11) is 1.78. The molecule has 1 fully saturated rings. The molecule has 6 heteroatoms. The average Bonchev–Trinajstić information content (AvgIpc) is 3.29. The minimum Gasteiger partial charge on any atom is -0.385 e. The molecule has 28 heavy (non-hydrogen) atoms. The summed E-state index contributed by atoms with van der Waals surface area (Å²) in [6.07, 6.45) is 7.81. The highest BCUT2D eigenvalue weighted by atomic mass is 127. The van der Waals surface area contributed by atoms with Crippen LogP contribution in [0.25, 0.3) is 0 Å². The Bertz CT molecular complexity index is 646. The number of fused-ring (bicyclic) bond motifs is 1. The highest BCUT2D eigenvalue weighted by molar-refractivity contribution is 14.0. The number of benzene rings is 1. The molecule has 0 amide bonds. The number of aliphatic hydroxyl groups is 1. The van der Waals surface area contributed by atoms with Crippen LogP contribution in [0.15, 0.2) is 29.3 Å². The molecule has 0 aromatic heterocycles. The molecule has 5 nitrogen and oxygen atoms in total. The quantitative estimate of drug-likeness (QED) is 0.290. The molecule has 0 aliphatic heterocycles. The molecule has 3 N–H and O–H groups in total. The van der Waals surface area contributed by atoms with Gasteiger partial charge < -0.3 is 20.5 Å². The van der Waals surface area contributed by atoms with Gasteiger partial charge in [-0.1, -0.05) is 37.1 Å². The van der Waals surface area contributed by atoms with E-state index >= 15 is 0 Å². The Balaban J connectivity index is 0.00000280. The third kappa shape index (κ3) is 5.60. The summed E-state index contributed by atoms with van der Waals surface area (Å²) < 4.78 is 5.33. The van der Waals surface area contributed by atoms with Crippen LogP contribution in [0.1, 0.15) is 56.6 Å². The van der Waals surface area contributed by atoms with Crippen molar-refractivity contribution < 1.29 is 9.84 Å². The van der Waals surface area contributed by atoms with Crippen molar-refractivity contribution in [1.82, 2.24) is 10.6 Å². The lowest BCUT2D eigenvalue weighted by Gasteiger charge is -2.28. The number of rotatable bonds is 8. The van der Waals surface area contributed by atoms with E-state index < -0.39 is 5.60 Å². The molecule has 1 aromatic rings. The number of halogens is 1. The van der Waals surface area contributed by atoms with Gasteiger partial charge in [-0.25, -0.2) is 0 Å². The van der Waals surface area contributed by atoms with Crippen molar-refractivity contribution in [2.45, 2.75) is 57.5 Å². The first-order valence-corrected chi connectivity index (χ1v) is 10.4. The van der Waals surface area contributed by atoms with Crippen molar-refractivity contribution in [2.75, 3.05) is 33.4 Å². The monoisotopic (exact) mass is 501 g/mol. The van der Waals surface area contributed by atoms with Crippen LogP contribution in [-0.4, -0.2) is 44.4 Å². The van der Waals surface area contributed by atoms with E-state index in [1.165, 1.54) is 31.2 Å². The maximum absolute atomic E-state index is 11.1. The molecule has 2 aliphatic carbocycles. The van der Waals surface area contributed by atoms with Crippen LogP contribution in [-0.2, 0) is 16.8 Å². The zero-order valence-corrected chi connectivity index (χ0v) is 19.6. The first kappa shape index (κ1) is 23.4. The minimum absolute atomic E-state index is 0. The molecular formula is C22H36IN3O2. The normalized spacial score (nSPS) is 23.2. The van der Waals surface area contributed by atoms with Crippen LogP contribution in [0.4, 0.5) is 0 Å². The lowest BCUT2D eigenvalue weighted by Crippen LogP contribution is -2.45. The van der Waals surface area contributed by atoms with Crippen molar-refractivity contribution in [3.8, 4) is 0 Å². The van der Waals surface area contributed by atoms with Crippen molar-refractivity contribution in [3.63, 3.8) is 0 Å². The minimum atomic E-state index is -0.812. The molecule has 0 heterocycles. The Kier molecular flexibility index (Phi) is 9.02. The molecule has 3 rings (SSSR count). The van der Waals surface area contributed by atoms with Crippen LogP contribution in [0.2, 0.25) is 0 Å². The van der Waals surface area contributed by atoms with Crippen molar-refractivity contribution in [1.29, 1.82) is 0 Å². The zero-order valence-electron chi connectivity index (χ0n) is 17.3. The van der Waals surface area contributed by atoms with Gasteiger partial charge in [-0.15, -0.1) is 24.0 Å². The summed E-state index contributed by atoms with van der Waals surface area (Å²) in [4.78, 5) is 4.90. The van der Waals surface area contributed by atoms with E-state index in [9.17, 15) is 5.11 Å². The van der Waals surface area contributed by atoms with Gasteiger partial charge in [0.15, 0.2) is 5.96 Å². The largest absolute Gasteiger partial charge is 0.385 e. The number of nitrogens with one attached hydrogen (secondary N) is 2. The molecule has 1 atom stereocenters. The fourth-order valence-corrected chi connectivity index (χ4v) is 4.60. The Morgan fingerprint density at radius 2 is 1.93 bits per heavy atom. The molecule has 158 valence electrons. The van der Waals surface area contributed by atoms with Crippen LogP contribution in [0.3, 0.4) is 0 Å². The smallest absolute Gasteiger partial charge is 0.191 e. The van der Waals surface area contributed by atoms with Crippen molar-refractivity contribution in [2.24, 2.45) is 10.4 Å². The third-order valence-electron chi connectivity index (χ3n) is 6.29. The van der Waals surface area contributed by atoms with Gasteiger partial charge in [-0.2, -0.15) is 0 Å². The van der Waals surface area contributed by atoms with Gasteiger partial charge >= 0.3 is 0 Å². The first-order valence-electron chi connectivity index (χ1n) is 10.4. The summed E-state index contributed by atoms with van der Waals surface area (Å²) in [6, 6.07) is 8.22. The molecule has 0 saturated heterocycles. The average molecular weight is 501 g/mol. The van der Waals surface area contributed by atoms with E-state index in [1.807, 2.05) is 18.2 Å². The fourth-order valence-electron chi connectivity index (χ4n) is 4.60. The topological polar surface area (TPSA) is 65.9 Å². The summed E-state index contributed by atoms with van der Waals surface area (Å²) in [6.45, 7) is 5.00. The Morgan fingerprint density at radius 1 is 1.18 bits per heavy atom. The van der Waals surface area contributed by atoms with Gasteiger partial charge in [-0.3, -0.25) is 4.99 Å². The van der Waals surface area contributed by atoms with E-state index in [2.05, 4.69) is 23.6 Å². The predicted molar refractivity (Wildman–Crippen MR) is 125 cm³/mol. The van der Waals surface area contributed by atoms with Crippen LogP contribution >= 0.6 is 24.0 Å². The molecule has 1 aromatic carbocycles. The van der Waals surface area contributed by atoms with Crippen molar-refractivity contribution in [3.05, 3.63) is 35.4 Å². The third-order valence-corrected chi connectivity index (χ3v) is 6.29. The van der Waals surface area contributed by atoms with E-state index in [-0.39, 0.29) is 29.4 Å². The zero-order chi connectivity index (χ0) is 19.2. The number of hydrogen-bond donors (Lipinski definition) is 3. The number of nitrogens with zero attached hydrogens (tertiary/aromatic N) is 1. The van der Waals surface area contributed by atoms with Crippen LogP contribution in [0, 0.1) is 5.41 Å². The number of ether oxygens (including phenoxy) is 1. The molecule has 0 spiro atoms. The van der Waals surface area contributed by atoms with Gasteiger partial charge in [0.2, 0.25) is 0 Å². The summed E-state index contributed by atoms with van der Waals surface area (Å²) in [5.41, 5.74) is 1.78. The molecular weight excluding hydrogens is 465 g/mol. The van der Waals surface area contributed by atoms with Gasteiger partial charge in [0.05, 0.1) is 6.54 Å². The number of aryl methyl sites for hydroxylation is 1. The van der Waals surface area contributed by atoms with E-state index in [1.54, 1.807) is 7.11 Å².